The van der Waals surface area contributed by atoms with E-state index >= 15 is 0 Å². The maximum absolute atomic E-state index is 12.1. The molecule has 0 saturated carbocycles. The zero-order chi connectivity index (χ0) is 16.0. The van der Waals surface area contributed by atoms with Gasteiger partial charge in [-0.25, -0.2) is 13.1 Å². The number of nitrogens with zero attached hydrogens (tertiary/aromatic N) is 2. The van der Waals surface area contributed by atoms with E-state index in [0.717, 1.165) is 13.0 Å². The van der Waals surface area contributed by atoms with Crippen molar-refractivity contribution in [3.8, 4) is 0 Å². The van der Waals surface area contributed by atoms with E-state index in [1.165, 1.54) is 21.7 Å². The Morgan fingerprint density at radius 3 is 2.45 bits per heavy atom. The highest BCUT2D eigenvalue weighted by Crippen LogP contribution is 2.14. The summed E-state index contributed by atoms with van der Waals surface area (Å²) in [5.74, 6) is -0.233. The van der Waals surface area contributed by atoms with Crippen molar-refractivity contribution < 1.29 is 13.2 Å². The van der Waals surface area contributed by atoms with Gasteiger partial charge in [0.2, 0.25) is 10.0 Å². The Labute approximate surface area is 138 Å². The second-order valence-electron chi connectivity index (χ2n) is 5.02. The molecular weight excluding hydrogens is 328 g/mol. The lowest BCUT2D eigenvalue weighted by atomic mass is 10.4. The third-order valence-electron chi connectivity index (χ3n) is 2.94. The van der Waals surface area contributed by atoms with Crippen molar-refractivity contribution in [3.05, 3.63) is 18.0 Å². The standard InChI is InChI=1S/C13H24N4O3S.ClH/c1-5-6-14-7-8-15-21(19,20)11-9-12(17(4)10-11)13(18)16(2)3;/h9-10,14-15H,5-8H2,1-4H3;1H. The largest absolute Gasteiger partial charge is 0.345 e. The maximum atomic E-state index is 12.1. The van der Waals surface area contributed by atoms with E-state index in [4.69, 9.17) is 0 Å². The van der Waals surface area contributed by atoms with Crippen LogP contribution in [0.25, 0.3) is 0 Å². The molecule has 7 nitrogen and oxygen atoms in total. The molecule has 1 amide bonds. The summed E-state index contributed by atoms with van der Waals surface area (Å²) < 4.78 is 28.3. The van der Waals surface area contributed by atoms with E-state index < -0.39 is 10.0 Å². The van der Waals surface area contributed by atoms with Crippen LogP contribution in [0.2, 0.25) is 0 Å². The molecule has 1 aromatic heterocycles. The van der Waals surface area contributed by atoms with Crippen LogP contribution in [0.3, 0.4) is 0 Å². The van der Waals surface area contributed by atoms with Gasteiger partial charge in [-0.05, 0) is 19.0 Å². The number of rotatable bonds is 8. The summed E-state index contributed by atoms with van der Waals surface area (Å²) in [5.41, 5.74) is 0.337. The minimum absolute atomic E-state index is 0. The molecule has 0 spiro atoms. The van der Waals surface area contributed by atoms with Crippen molar-refractivity contribution in [2.75, 3.05) is 33.7 Å². The maximum Gasteiger partial charge on any atom is 0.269 e. The molecule has 0 aliphatic heterocycles. The molecule has 2 N–H and O–H groups in total. The molecule has 1 heterocycles. The number of carbonyl (C=O) groups is 1. The van der Waals surface area contributed by atoms with Gasteiger partial charge in [0.25, 0.3) is 5.91 Å². The van der Waals surface area contributed by atoms with Crippen molar-refractivity contribution in [1.29, 1.82) is 0 Å². The number of amides is 1. The van der Waals surface area contributed by atoms with Gasteiger partial charge in [-0.15, -0.1) is 12.4 Å². The molecule has 0 radical (unpaired) electrons. The molecular formula is C13H25ClN4O3S. The summed E-state index contributed by atoms with van der Waals surface area (Å²) >= 11 is 0. The predicted octanol–water partition coefficient (Wildman–Crippen LogP) is 0.427. The minimum atomic E-state index is -3.59. The number of aryl methyl sites for hydroxylation is 1. The van der Waals surface area contributed by atoms with Gasteiger partial charge in [0.05, 0.1) is 0 Å². The molecule has 0 aromatic carbocycles. The number of halogens is 1. The molecule has 0 aliphatic rings. The number of aromatic nitrogens is 1. The smallest absolute Gasteiger partial charge is 0.269 e. The van der Waals surface area contributed by atoms with E-state index in [9.17, 15) is 13.2 Å². The van der Waals surface area contributed by atoms with Crippen molar-refractivity contribution in [1.82, 2.24) is 19.5 Å². The second kappa shape index (κ2) is 9.14. The number of hydrogen-bond donors (Lipinski definition) is 2. The average molecular weight is 353 g/mol. The first-order valence-corrected chi connectivity index (χ1v) is 8.36. The Kier molecular flexibility index (Phi) is 8.69. The lowest BCUT2D eigenvalue weighted by Gasteiger charge is -2.09. The predicted molar refractivity (Wildman–Crippen MR) is 89.0 cm³/mol. The zero-order valence-corrected chi connectivity index (χ0v) is 15.1. The highest BCUT2D eigenvalue weighted by molar-refractivity contribution is 7.89. The Morgan fingerprint density at radius 2 is 1.91 bits per heavy atom. The molecule has 9 heteroatoms. The lowest BCUT2D eigenvalue weighted by Crippen LogP contribution is -2.32. The van der Waals surface area contributed by atoms with Crippen molar-refractivity contribution in [2.45, 2.75) is 18.2 Å². The average Bonchev–Trinajstić information content (AvgIpc) is 2.80. The quantitative estimate of drug-likeness (QED) is 0.664. The van der Waals surface area contributed by atoms with Gasteiger partial charge in [-0.2, -0.15) is 0 Å². The van der Waals surface area contributed by atoms with E-state index in [2.05, 4.69) is 10.0 Å². The monoisotopic (exact) mass is 352 g/mol. The van der Waals surface area contributed by atoms with Gasteiger partial charge in [0.1, 0.15) is 10.6 Å². The highest BCUT2D eigenvalue weighted by Gasteiger charge is 2.20. The molecule has 0 saturated heterocycles. The fourth-order valence-electron chi connectivity index (χ4n) is 1.78. The van der Waals surface area contributed by atoms with E-state index in [1.807, 2.05) is 6.92 Å². The third-order valence-corrected chi connectivity index (χ3v) is 4.36. The highest BCUT2D eigenvalue weighted by atomic mass is 35.5. The van der Waals surface area contributed by atoms with Crippen molar-refractivity contribution in [2.24, 2.45) is 7.05 Å². The van der Waals surface area contributed by atoms with Crippen LogP contribution in [0.15, 0.2) is 17.2 Å². The Hall–Kier alpha value is -1.09. The Balaban J connectivity index is 0.00000441. The Morgan fingerprint density at radius 1 is 1.27 bits per heavy atom. The van der Waals surface area contributed by atoms with Gasteiger partial charge >= 0.3 is 0 Å². The van der Waals surface area contributed by atoms with Gasteiger partial charge in [-0.1, -0.05) is 6.92 Å². The molecule has 22 heavy (non-hydrogen) atoms. The van der Waals surface area contributed by atoms with Gasteiger partial charge in [-0.3, -0.25) is 4.79 Å². The summed E-state index contributed by atoms with van der Waals surface area (Å²) in [4.78, 5) is 13.4. The summed E-state index contributed by atoms with van der Waals surface area (Å²) in [5, 5.41) is 3.12. The fraction of sp³-hybridized carbons (Fsp3) is 0.615. The number of carbonyl (C=O) groups excluding carboxylic acids is 1. The topological polar surface area (TPSA) is 83.4 Å². The van der Waals surface area contributed by atoms with Crippen LogP contribution in [0.1, 0.15) is 23.8 Å². The van der Waals surface area contributed by atoms with Crippen LogP contribution in [-0.2, 0) is 17.1 Å². The summed E-state index contributed by atoms with van der Waals surface area (Å²) in [7, 11) is 1.31. The number of nitrogens with one attached hydrogen (secondary N) is 2. The minimum Gasteiger partial charge on any atom is -0.345 e. The van der Waals surface area contributed by atoms with E-state index in [1.54, 1.807) is 21.1 Å². The van der Waals surface area contributed by atoms with Crippen molar-refractivity contribution >= 4 is 28.3 Å². The second-order valence-corrected chi connectivity index (χ2v) is 6.79. The normalized spacial score (nSPS) is 11.1. The molecule has 0 aliphatic carbocycles. The fourth-order valence-corrected chi connectivity index (χ4v) is 2.88. The van der Waals surface area contributed by atoms with Gasteiger partial charge in [0.15, 0.2) is 0 Å². The molecule has 0 bridgehead atoms. The van der Waals surface area contributed by atoms with Crippen LogP contribution in [0.5, 0.6) is 0 Å². The summed E-state index contributed by atoms with van der Waals surface area (Å²) in [6.07, 6.45) is 2.44. The van der Waals surface area contributed by atoms with Gasteiger partial charge in [0, 0.05) is 40.4 Å². The summed E-state index contributed by atoms with van der Waals surface area (Å²) in [6, 6.07) is 1.39. The van der Waals surface area contributed by atoms with E-state index in [0.29, 0.717) is 18.8 Å². The molecule has 1 aromatic rings. The van der Waals surface area contributed by atoms with E-state index in [-0.39, 0.29) is 23.2 Å². The van der Waals surface area contributed by atoms with Gasteiger partial charge < -0.3 is 14.8 Å². The van der Waals surface area contributed by atoms with Crippen LogP contribution in [0.4, 0.5) is 0 Å². The lowest BCUT2D eigenvalue weighted by molar-refractivity contribution is 0.0818. The Bertz CT molecular complexity index is 584. The molecule has 128 valence electrons. The van der Waals surface area contributed by atoms with Crippen LogP contribution < -0.4 is 10.0 Å². The first-order chi connectivity index (χ1) is 9.79. The molecule has 0 fully saturated rings. The number of hydrogen-bond acceptors (Lipinski definition) is 4. The zero-order valence-electron chi connectivity index (χ0n) is 13.4. The first-order valence-electron chi connectivity index (χ1n) is 6.88. The summed E-state index contributed by atoms with van der Waals surface area (Å²) in [6.45, 7) is 3.79. The van der Waals surface area contributed by atoms with Crippen LogP contribution in [-0.4, -0.2) is 57.5 Å². The molecule has 1 rings (SSSR count). The van der Waals surface area contributed by atoms with Crippen LogP contribution in [0, 0.1) is 0 Å². The van der Waals surface area contributed by atoms with Crippen LogP contribution >= 0.6 is 12.4 Å². The van der Waals surface area contributed by atoms with Crippen molar-refractivity contribution in [3.63, 3.8) is 0 Å². The molecule has 0 unspecified atom stereocenters. The SMILES string of the molecule is CCCNCCNS(=O)(=O)c1cc(C(=O)N(C)C)n(C)c1.Cl. The number of sulfonamides is 1. The first kappa shape index (κ1) is 20.9. The third kappa shape index (κ3) is 5.60. The molecule has 0 atom stereocenters.